The van der Waals surface area contributed by atoms with E-state index in [1.165, 1.54) is 15.6 Å². The maximum Gasteiger partial charge on any atom is 0.253 e. The summed E-state index contributed by atoms with van der Waals surface area (Å²) in [4.78, 5) is 12.9. The van der Waals surface area contributed by atoms with Crippen LogP contribution >= 0.6 is 11.3 Å². The van der Waals surface area contributed by atoms with Gasteiger partial charge in [0.1, 0.15) is 10.3 Å². The Bertz CT molecular complexity index is 1120. The van der Waals surface area contributed by atoms with E-state index in [2.05, 4.69) is 29.9 Å². The normalized spacial score (nSPS) is 18.0. The molecule has 0 saturated carbocycles. The third kappa shape index (κ3) is 3.97. The molecule has 1 aromatic carbocycles. The number of benzene rings is 1. The van der Waals surface area contributed by atoms with E-state index >= 15 is 0 Å². The minimum Gasteiger partial charge on any atom is -0.347 e. The number of anilines is 1. The van der Waals surface area contributed by atoms with E-state index in [-0.39, 0.29) is 10.1 Å². The molecular formula is C21H25N3O3S2. The lowest BCUT2D eigenvalue weighted by atomic mass is 10.2. The van der Waals surface area contributed by atoms with E-state index in [1.54, 1.807) is 17.5 Å². The third-order valence-electron chi connectivity index (χ3n) is 5.16. The van der Waals surface area contributed by atoms with E-state index in [1.807, 2.05) is 24.3 Å². The molecule has 154 valence electrons. The van der Waals surface area contributed by atoms with Gasteiger partial charge >= 0.3 is 0 Å². The smallest absolute Gasteiger partial charge is 0.253 e. The van der Waals surface area contributed by atoms with Crippen LogP contribution in [0, 0.1) is 5.92 Å². The first-order chi connectivity index (χ1) is 13.9. The molecule has 1 atom stereocenters. The number of nitrogens with one attached hydrogen (secondary N) is 1. The lowest BCUT2D eigenvalue weighted by Gasteiger charge is -2.22. The number of thiophene rings is 1. The second kappa shape index (κ2) is 7.93. The van der Waals surface area contributed by atoms with Crippen LogP contribution in [0.5, 0.6) is 0 Å². The maximum atomic E-state index is 12.9. The van der Waals surface area contributed by atoms with Gasteiger partial charge in [-0.15, -0.1) is 11.3 Å². The van der Waals surface area contributed by atoms with Crippen molar-refractivity contribution in [3.05, 3.63) is 48.0 Å². The molecule has 1 aliphatic heterocycles. The first kappa shape index (κ1) is 20.1. The van der Waals surface area contributed by atoms with E-state index < -0.39 is 16.1 Å². The standard InChI is InChI=1S/C21H25N3O3S2/c1-15(2)14-23-11-9-16-13-17(7-8-18(16)23)22-21(25)19-5-3-10-24(19)29(26,27)20-6-4-12-28-20/h4,6-9,11-13,15,19H,3,5,10,14H2,1-2H3,(H,22,25). The zero-order valence-corrected chi connectivity index (χ0v) is 18.2. The Kier molecular flexibility index (Phi) is 5.50. The molecular weight excluding hydrogens is 406 g/mol. The Morgan fingerprint density at radius 1 is 1.28 bits per heavy atom. The van der Waals surface area contributed by atoms with Crippen LogP contribution in [0.25, 0.3) is 10.9 Å². The molecule has 1 aliphatic rings. The van der Waals surface area contributed by atoms with Gasteiger partial charge in [-0.05, 0) is 54.5 Å². The fourth-order valence-electron chi connectivity index (χ4n) is 3.87. The molecule has 6 nitrogen and oxygen atoms in total. The summed E-state index contributed by atoms with van der Waals surface area (Å²) in [6.07, 6.45) is 3.27. The van der Waals surface area contributed by atoms with Gasteiger partial charge in [0.2, 0.25) is 5.91 Å². The number of sulfonamides is 1. The molecule has 1 unspecified atom stereocenters. The summed E-state index contributed by atoms with van der Waals surface area (Å²) in [6, 6.07) is 10.5. The van der Waals surface area contributed by atoms with Crippen LogP contribution in [0.3, 0.4) is 0 Å². The highest BCUT2D eigenvalue weighted by Crippen LogP contribution is 2.29. The number of aromatic nitrogens is 1. The van der Waals surface area contributed by atoms with Crippen molar-refractivity contribution in [1.82, 2.24) is 8.87 Å². The monoisotopic (exact) mass is 431 g/mol. The van der Waals surface area contributed by atoms with Crippen LogP contribution in [-0.4, -0.2) is 35.8 Å². The molecule has 1 saturated heterocycles. The topological polar surface area (TPSA) is 71.4 Å². The quantitative estimate of drug-likeness (QED) is 0.637. The summed E-state index contributed by atoms with van der Waals surface area (Å²) in [5, 5.41) is 5.71. The van der Waals surface area contributed by atoms with Crippen LogP contribution in [0.15, 0.2) is 52.2 Å². The van der Waals surface area contributed by atoms with Crippen LogP contribution in [0.2, 0.25) is 0 Å². The maximum absolute atomic E-state index is 12.9. The average molecular weight is 432 g/mol. The number of fused-ring (bicyclic) bond motifs is 1. The van der Waals surface area contributed by atoms with Gasteiger partial charge in [0.25, 0.3) is 10.0 Å². The number of hydrogen-bond acceptors (Lipinski definition) is 4. The molecule has 3 heterocycles. The molecule has 1 N–H and O–H groups in total. The molecule has 2 aromatic heterocycles. The van der Waals surface area contributed by atoms with Gasteiger partial charge in [-0.25, -0.2) is 8.42 Å². The minimum absolute atomic E-state index is 0.274. The zero-order valence-electron chi connectivity index (χ0n) is 16.5. The van der Waals surface area contributed by atoms with Crippen molar-refractivity contribution in [3.8, 4) is 0 Å². The Balaban J connectivity index is 1.53. The Labute approximate surface area is 175 Å². The Morgan fingerprint density at radius 2 is 2.10 bits per heavy atom. The van der Waals surface area contributed by atoms with E-state index in [4.69, 9.17) is 0 Å². The highest BCUT2D eigenvalue weighted by Gasteiger charge is 2.39. The summed E-state index contributed by atoms with van der Waals surface area (Å²) in [5.41, 5.74) is 1.81. The summed E-state index contributed by atoms with van der Waals surface area (Å²) in [6.45, 7) is 5.66. The van der Waals surface area contributed by atoms with Crippen molar-refractivity contribution in [3.63, 3.8) is 0 Å². The second-order valence-electron chi connectivity index (χ2n) is 7.83. The fourth-order valence-corrected chi connectivity index (χ4v) is 6.65. The second-order valence-corrected chi connectivity index (χ2v) is 10.9. The van der Waals surface area contributed by atoms with Gasteiger partial charge < -0.3 is 9.88 Å². The molecule has 0 aliphatic carbocycles. The van der Waals surface area contributed by atoms with Gasteiger partial charge in [0.15, 0.2) is 0 Å². The van der Waals surface area contributed by atoms with Crippen molar-refractivity contribution in [2.45, 2.75) is 43.5 Å². The Morgan fingerprint density at radius 3 is 2.83 bits per heavy atom. The number of rotatable bonds is 6. The number of carbonyl (C=O) groups is 1. The minimum atomic E-state index is -3.64. The van der Waals surface area contributed by atoms with Crippen LogP contribution in [0.4, 0.5) is 5.69 Å². The van der Waals surface area contributed by atoms with E-state index in [0.717, 1.165) is 17.4 Å². The first-order valence-electron chi connectivity index (χ1n) is 9.81. The van der Waals surface area contributed by atoms with Crippen molar-refractivity contribution in [2.24, 2.45) is 5.92 Å². The van der Waals surface area contributed by atoms with Crippen LogP contribution in [-0.2, 0) is 21.4 Å². The summed E-state index contributed by atoms with van der Waals surface area (Å²) in [5.74, 6) is 0.271. The molecule has 8 heteroatoms. The number of nitrogens with zero attached hydrogens (tertiary/aromatic N) is 2. The van der Waals surface area contributed by atoms with Crippen molar-refractivity contribution in [2.75, 3.05) is 11.9 Å². The molecule has 29 heavy (non-hydrogen) atoms. The number of carbonyl (C=O) groups excluding carboxylic acids is 1. The predicted molar refractivity (Wildman–Crippen MR) is 117 cm³/mol. The zero-order chi connectivity index (χ0) is 20.6. The summed E-state index contributed by atoms with van der Waals surface area (Å²) >= 11 is 1.18. The largest absolute Gasteiger partial charge is 0.347 e. The van der Waals surface area contributed by atoms with Crippen molar-refractivity contribution < 1.29 is 13.2 Å². The lowest BCUT2D eigenvalue weighted by Crippen LogP contribution is -2.42. The van der Waals surface area contributed by atoms with Crippen molar-refractivity contribution in [1.29, 1.82) is 0 Å². The third-order valence-corrected chi connectivity index (χ3v) is 8.45. The number of amides is 1. The molecule has 4 rings (SSSR count). The highest BCUT2D eigenvalue weighted by atomic mass is 32.2. The molecule has 0 radical (unpaired) electrons. The SMILES string of the molecule is CC(C)Cn1ccc2cc(NC(=O)C3CCCN3S(=O)(=O)c3cccs3)ccc21. The molecule has 1 amide bonds. The average Bonchev–Trinajstić information content (AvgIpc) is 3.42. The lowest BCUT2D eigenvalue weighted by molar-refractivity contribution is -0.119. The highest BCUT2D eigenvalue weighted by molar-refractivity contribution is 7.91. The summed E-state index contributed by atoms with van der Waals surface area (Å²) in [7, 11) is -3.64. The van der Waals surface area contributed by atoms with E-state index in [9.17, 15) is 13.2 Å². The summed E-state index contributed by atoms with van der Waals surface area (Å²) < 4.78 is 29.6. The van der Waals surface area contributed by atoms with Gasteiger partial charge in [-0.1, -0.05) is 19.9 Å². The van der Waals surface area contributed by atoms with Gasteiger partial charge in [-0.3, -0.25) is 4.79 Å². The van der Waals surface area contributed by atoms with Gasteiger partial charge in [-0.2, -0.15) is 4.31 Å². The molecule has 3 aromatic rings. The molecule has 0 bridgehead atoms. The van der Waals surface area contributed by atoms with Gasteiger partial charge in [0.05, 0.1) is 0 Å². The van der Waals surface area contributed by atoms with Crippen LogP contribution < -0.4 is 5.32 Å². The fraction of sp³-hybridized carbons (Fsp3) is 0.381. The van der Waals surface area contributed by atoms with Crippen molar-refractivity contribution >= 4 is 43.9 Å². The predicted octanol–water partition coefficient (Wildman–Crippen LogP) is 4.15. The molecule has 1 fully saturated rings. The van der Waals surface area contributed by atoms with Crippen LogP contribution in [0.1, 0.15) is 26.7 Å². The van der Waals surface area contributed by atoms with Gasteiger partial charge in [0, 0.05) is 35.9 Å². The Hall–Kier alpha value is -2.16. The van der Waals surface area contributed by atoms with E-state index in [0.29, 0.717) is 31.0 Å². The first-order valence-corrected chi connectivity index (χ1v) is 12.1. The molecule has 0 spiro atoms. The number of hydrogen-bond donors (Lipinski definition) is 1.